The lowest BCUT2D eigenvalue weighted by Gasteiger charge is -2.17. The molecule has 0 heterocycles. The Balaban J connectivity index is 3.27. The van der Waals surface area contributed by atoms with Gasteiger partial charge in [-0.2, -0.15) is 0 Å². The average molecular weight is 282 g/mol. The molecule has 0 aliphatic heterocycles. The van der Waals surface area contributed by atoms with E-state index in [4.69, 9.17) is 19.3 Å². The Morgan fingerprint density at radius 2 is 1.65 bits per heavy atom. The number of benzene rings is 1. The number of carbonyl (C=O) groups is 2. The molecule has 1 N–H and O–H groups in total. The van der Waals surface area contributed by atoms with Crippen LogP contribution in [0.1, 0.15) is 28.8 Å². The van der Waals surface area contributed by atoms with Crippen LogP contribution in [0.15, 0.2) is 6.07 Å². The van der Waals surface area contributed by atoms with Crippen molar-refractivity contribution in [1.29, 1.82) is 0 Å². The van der Waals surface area contributed by atoms with Crippen molar-refractivity contribution in [2.45, 2.75) is 19.8 Å². The van der Waals surface area contributed by atoms with Crippen molar-refractivity contribution in [2.75, 3.05) is 21.3 Å². The van der Waals surface area contributed by atoms with Gasteiger partial charge in [0.15, 0.2) is 17.3 Å². The molecule has 1 aromatic carbocycles. The highest BCUT2D eigenvalue weighted by Gasteiger charge is 2.22. The monoisotopic (exact) mass is 282 g/mol. The number of Topliss-reactive ketones (excluding diaryl/α,β-unsaturated/α-hetero) is 1. The summed E-state index contributed by atoms with van der Waals surface area (Å²) in [6.07, 6.45) is -0.323. The molecule has 6 nitrogen and oxygen atoms in total. The Morgan fingerprint density at radius 1 is 1.05 bits per heavy atom. The number of carboxylic acids is 1. The Morgan fingerprint density at radius 3 is 2.10 bits per heavy atom. The van der Waals surface area contributed by atoms with Crippen molar-refractivity contribution in [2.24, 2.45) is 0 Å². The molecule has 1 rings (SSSR count). The molecule has 0 atom stereocenters. The Kier molecular flexibility index (Phi) is 5.37. The van der Waals surface area contributed by atoms with Crippen molar-refractivity contribution >= 4 is 11.8 Å². The number of carbonyl (C=O) groups excluding carboxylic acids is 1. The third-order valence-corrected chi connectivity index (χ3v) is 2.92. The van der Waals surface area contributed by atoms with Gasteiger partial charge in [0, 0.05) is 12.0 Å². The molecule has 0 aliphatic carbocycles. The second kappa shape index (κ2) is 6.79. The summed E-state index contributed by atoms with van der Waals surface area (Å²) >= 11 is 0. The fourth-order valence-corrected chi connectivity index (χ4v) is 1.98. The molecule has 110 valence electrons. The van der Waals surface area contributed by atoms with Gasteiger partial charge in [0.2, 0.25) is 0 Å². The van der Waals surface area contributed by atoms with Gasteiger partial charge in [0.1, 0.15) is 5.75 Å². The molecule has 6 heteroatoms. The third-order valence-electron chi connectivity index (χ3n) is 2.92. The zero-order valence-corrected chi connectivity index (χ0v) is 12.0. The van der Waals surface area contributed by atoms with E-state index in [2.05, 4.69) is 0 Å². The van der Waals surface area contributed by atoms with Gasteiger partial charge >= 0.3 is 5.97 Å². The maximum Gasteiger partial charge on any atom is 0.303 e. The molecule has 0 aliphatic rings. The maximum absolute atomic E-state index is 12.1. The molecule has 0 bridgehead atoms. The molecule has 0 aromatic heterocycles. The number of methoxy groups -OCH3 is 3. The van der Waals surface area contributed by atoms with Crippen LogP contribution in [0.25, 0.3) is 0 Å². The lowest BCUT2D eigenvalue weighted by atomic mass is 10.0. The minimum atomic E-state index is -1.02. The van der Waals surface area contributed by atoms with Crippen LogP contribution in [0.4, 0.5) is 0 Å². The van der Waals surface area contributed by atoms with Gasteiger partial charge in [-0.3, -0.25) is 9.59 Å². The van der Waals surface area contributed by atoms with E-state index in [1.807, 2.05) is 0 Å². The van der Waals surface area contributed by atoms with Gasteiger partial charge in [-0.25, -0.2) is 0 Å². The van der Waals surface area contributed by atoms with Crippen LogP contribution in [-0.2, 0) is 4.79 Å². The number of aliphatic carboxylic acids is 1. The Bertz CT molecular complexity index is 521. The number of carboxylic acid groups (broad SMARTS) is 1. The summed E-state index contributed by atoms with van der Waals surface area (Å²) in [4.78, 5) is 22.7. The fourth-order valence-electron chi connectivity index (χ4n) is 1.98. The normalized spacial score (nSPS) is 10.0. The lowest BCUT2D eigenvalue weighted by Crippen LogP contribution is -2.08. The summed E-state index contributed by atoms with van der Waals surface area (Å²) in [5, 5.41) is 8.65. The smallest absolute Gasteiger partial charge is 0.303 e. The van der Waals surface area contributed by atoms with Crippen molar-refractivity contribution in [3.63, 3.8) is 0 Å². The highest BCUT2D eigenvalue weighted by Crippen LogP contribution is 2.40. The summed E-state index contributed by atoms with van der Waals surface area (Å²) in [7, 11) is 4.41. The van der Waals surface area contributed by atoms with E-state index in [0.717, 1.165) is 0 Å². The molecule has 0 unspecified atom stereocenters. The first-order valence-electron chi connectivity index (χ1n) is 6.00. The van der Waals surface area contributed by atoms with E-state index in [0.29, 0.717) is 28.4 Å². The van der Waals surface area contributed by atoms with Crippen LogP contribution in [0, 0.1) is 6.92 Å². The fraction of sp³-hybridized carbons (Fsp3) is 0.429. The van der Waals surface area contributed by atoms with E-state index in [-0.39, 0.29) is 18.6 Å². The molecule has 0 spiro atoms. The van der Waals surface area contributed by atoms with E-state index in [1.165, 1.54) is 27.4 Å². The molecule has 0 saturated heterocycles. The molecule has 20 heavy (non-hydrogen) atoms. The molecule has 0 saturated carbocycles. The van der Waals surface area contributed by atoms with Gasteiger partial charge < -0.3 is 19.3 Å². The Labute approximate surface area is 117 Å². The minimum Gasteiger partial charge on any atom is -0.496 e. The zero-order chi connectivity index (χ0) is 15.3. The van der Waals surface area contributed by atoms with Crippen molar-refractivity contribution in [1.82, 2.24) is 0 Å². The highest BCUT2D eigenvalue weighted by atomic mass is 16.5. The highest BCUT2D eigenvalue weighted by molar-refractivity contribution is 6.01. The maximum atomic E-state index is 12.1. The van der Waals surface area contributed by atoms with Gasteiger partial charge in [0.25, 0.3) is 0 Å². The molecular formula is C14H18O6. The molecule has 1 aromatic rings. The molecule has 0 fully saturated rings. The SMILES string of the molecule is COc1cc(C(=O)CCC(=O)O)c(OC)c(C)c1OC. The summed E-state index contributed by atoms with van der Waals surface area (Å²) in [6.45, 7) is 1.74. The standard InChI is InChI=1S/C14H18O6/c1-8-13(19-3)9(10(15)5-6-12(16)17)7-11(18-2)14(8)20-4/h7H,5-6H2,1-4H3,(H,16,17). The second-order valence-electron chi connectivity index (χ2n) is 4.13. The average Bonchev–Trinajstić information content (AvgIpc) is 2.43. The predicted octanol–water partition coefficient (Wildman–Crippen LogP) is 2.07. The third kappa shape index (κ3) is 3.20. The number of ether oxygens (including phenoxy) is 3. The number of ketones is 1. The first kappa shape index (κ1) is 15.8. The largest absolute Gasteiger partial charge is 0.496 e. The summed E-state index contributed by atoms with van der Waals surface area (Å²) in [5.74, 6) is -0.0653. The minimum absolute atomic E-state index is 0.0966. The summed E-state index contributed by atoms with van der Waals surface area (Å²) < 4.78 is 15.7. The molecular weight excluding hydrogens is 264 g/mol. The van der Waals surface area contributed by atoms with E-state index < -0.39 is 5.97 Å². The zero-order valence-electron chi connectivity index (χ0n) is 12.0. The first-order valence-corrected chi connectivity index (χ1v) is 6.00. The topological polar surface area (TPSA) is 82.1 Å². The quantitative estimate of drug-likeness (QED) is 0.771. The van der Waals surface area contributed by atoms with Crippen LogP contribution in [-0.4, -0.2) is 38.2 Å². The van der Waals surface area contributed by atoms with E-state index in [1.54, 1.807) is 6.92 Å². The molecule has 0 radical (unpaired) electrons. The van der Waals surface area contributed by atoms with Gasteiger partial charge in [0.05, 0.1) is 33.3 Å². The van der Waals surface area contributed by atoms with Crippen LogP contribution in [0.5, 0.6) is 17.2 Å². The van der Waals surface area contributed by atoms with Crippen molar-refractivity contribution in [3.05, 3.63) is 17.2 Å². The van der Waals surface area contributed by atoms with Crippen LogP contribution in [0.3, 0.4) is 0 Å². The van der Waals surface area contributed by atoms with Crippen molar-refractivity contribution < 1.29 is 28.9 Å². The van der Waals surface area contributed by atoms with Gasteiger partial charge in [-0.15, -0.1) is 0 Å². The molecule has 0 amide bonds. The van der Waals surface area contributed by atoms with Crippen molar-refractivity contribution in [3.8, 4) is 17.2 Å². The first-order chi connectivity index (χ1) is 9.46. The number of hydrogen-bond donors (Lipinski definition) is 1. The van der Waals surface area contributed by atoms with Gasteiger partial charge in [-0.05, 0) is 13.0 Å². The van der Waals surface area contributed by atoms with Crippen LogP contribution in [0.2, 0.25) is 0 Å². The number of hydrogen-bond acceptors (Lipinski definition) is 5. The summed E-state index contributed by atoms with van der Waals surface area (Å²) in [5.41, 5.74) is 0.928. The van der Waals surface area contributed by atoms with E-state index >= 15 is 0 Å². The number of rotatable bonds is 7. The summed E-state index contributed by atoms with van der Waals surface area (Å²) in [6, 6.07) is 1.51. The van der Waals surface area contributed by atoms with Gasteiger partial charge in [-0.1, -0.05) is 0 Å². The second-order valence-corrected chi connectivity index (χ2v) is 4.13. The Hall–Kier alpha value is -2.24. The van der Waals surface area contributed by atoms with E-state index in [9.17, 15) is 9.59 Å². The van der Waals surface area contributed by atoms with Crippen LogP contribution >= 0.6 is 0 Å². The van der Waals surface area contributed by atoms with Crippen LogP contribution < -0.4 is 14.2 Å². The lowest BCUT2D eigenvalue weighted by molar-refractivity contribution is -0.136. The predicted molar refractivity (Wildman–Crippen MR) is 72.0 cm³/mol.